The van der Waals surface area contributed by atoms with Gasteiger partial charge in [-0.05, 0) is 42.8 Å². The highest BCUT2D eigenvalue weighted by atomic mass is 35.5. The first kappa shape index (κ1) is 14.7. The predicted molar refractivity (Wildman–Crippen MR) is 84.4 cm³/mol. The van der Waals surface area contributed by atoms with E-state index in [1.54, 1.807) is 16.8 Å². The minimum absolute atomic E-state index is 0.221. The fourth-order valence-corrected chi connectivity index (χ4v) is 2.63. The molecule has 0 aliphatic rings. The van der Waals surface area contributed by atoms with E-state index in [0.717, 1.165) is 11.3 Å². The topological polar surface area (TPSA) is 56.7 Å². The van der Waals surface area contributed by atoms with Crippen LogP contribution in [0, 0.1) is 12.7 Å². The van der Waals surface area contributed by atoms with Gasteiger partial charge in [-0.15, -0.1) is 5.10 Å². The molecule has 0 aliphatic heterocycles. The Hall–Kier alpha value is -2.24. The Kier molecular flexibility index (Phi) is 3.92. The summed E-state index contributed by atoms with van der Waals surface area (Å²) in [6.07, 6.45) is 0. The minimum atomic E-state index is -0.318. The lowest BCUT2D eigenvalue weighted by molar-refractivity contribution is 0.628. The van der Waals surface area contributed by atoms with Crippen LogP contribution in [0.15, 0.2) is 42.5 Å². The number of benzene rings is 2. The first-order valence-corrected chi connectivity index (χ1v) is 7.15. The third-order valence-electron chi connectivity index (χ3n) is 3.42. The molecule has 22 heavy (non-hydrogen) atoms. The normalized spacial score (nSPS) is 10.9. The van der Waals surface area contributed by atoms with Crippen LogP contribution in [0.4, 0.5) is 4.39 Å². The Balaban J connectivity index is 2.23. The standard InChI is InChI=1S/C16H14ClFN4/c1-10-7-12(17)5-6-15(10)22-16(14(9-19)20-21-22)11-3-2-4-13(18)8-11/h2-8H,9,19H2,1H3. The average Bonchev–Trinajstić information content (AvgIpc) is 2.91. The first-order valence-electron chi connectivity index (χ1n) is 6.77. The van der Waals surface area contributed by atoms with Gasteiger partial charge in [-0.1, -0.05) is 28.9 Å². The number of rotatable bonds is 3. The van der Waals surface area contributed by atoms with Crippen LogP contribution in [0.2, 0.25) is 5.02 Å². The van der Waals surface area contributed by atoms with Gasteiger partial charge in [0.1, 0.15) is 11.5 Å². The van der Waals surface area contributed by atoms with Crippen molar-refractivity contribution in [2.75, 3.05) is 0 Å². The van der Waals surface area contributed by atoms with Crippen LogP contribution >= 0.6 is 11.6 Å². The van der Waals surface area contributed by atoms with E-state index in [1.165, 1.54) is 12.1 Å². The summed E-state index contributed by atoms with van der Waals surface area (Å²) in [4.78, 5) is 0. The lowest BCUT2D eigenvalue weighted by atomic mass is 10.1. The molecule has 3 aromatic rings. The van der Waals surface area contributed by atoms with Gasteiger partial charge in [0.2, 0.25) is 0 Å². The molecule has 6 heteroatoms. The predicted octanol–water partition coefficient (Wildman–Crippen LogP) is 3.49. The Morgan fingerprint density at radius 3 is 2.73 bits per heavy atom. The molecule has 2 N–H and O–H groups in total. The molecule has 3 rings (SSSR count). The summed E-state index contributed by atoms with van der Waals surface area (Å²) in [7, 11) is 0. The van der Waals surface area contributed by atoms with Crippen molar-refractivity contribution in [3.8, 4) is 16.9 Å². The third kappa shape index (κ3) is 2.61. The van der Waals surface area contributed by atoms with Gasteiger partial charge < -0.3 is 5.73 Å². The molecular formula is C16H14ClFN4. The van der Waals surface area contributed by atoms with Crippen molar-refractivity contribution in [2.45, 2.75) is 13.5 Å². The number of hydrogen-bond donors (Lipinski definition) is 1. The minimum Gasteiger partial charge on any atom is -0.325 e. The molecule has 112 valence electrons. The van der Waals surface area contributed by atoms with E-state index >= 15 is 0 Å². The molecule has 0 fully saturated rings. The lowest BCUT2D eigenvalue weighted by Gasteiger charge is -2.11. The van der Waals surface area contributed by atoms with Gasteiger partial charge in [-0.2, -0.15) is 0 Å². The highest BCUT2D eigenvalue weighted by Gasteiger charge is 2.17. The van der Waals surface area contributed by atoms with Gasteiger partial charge in [0, 0.05) is 17.1 Å². The maximum Gasteiger partial charge on any atom is 0.123 e. The summed E-state index contributed by atoms with van der Waals surface area (Å²) in [6, 6.07) is 11.8. The second kappa shape index (κ2) is 5.87. The van der Waals surface area contributed by atoms with Crippen LogP contribution in [0.5, 0.6) is 0 Å². The van der Waals surface area contributed by atoms with Gasteiger partial charge in [0.15, 0.2) is 0 Å². The quantitative estimate of drug-likeness (QED) is 0.804. The van der Waals surface area contributed by atoms with Crippen LogP contribution in [-0.2, 0) is 6.54 Å². The second-order valence-electron chi connectivity index (χ2n) is 4.94. The van der Waals surface area contributed by atoms with Gasteiger partial charge in [-0.3, -0.25) is 0 Å². The van der Waals surface area contributed by atoms with Crippen LogP contribution in [0.1, 0.15) is 11.3 Å². The molecule has 0 radical (unpaired) electrons. The maximum atomic E-state index is 13.6. The molecule has 0 bridgehead atoms. The van der Waals surface area contributed by atoms with E-state index in [-0.39, 0.29) is 12.4 Å². The summed E-state index contributed by atoms with van der Waals surface area (Å²) < 4.78 is 15.2. The summed E-state index contributed by atoms with van der Waals surface area (Å²) >= 11 is 6.00. The van der Waals surface area contributed by atoms with Gasteiger partial charge >= 0.3 is 0 Å². The molecule has 1 heterocycles. The molecule has 0 unspecified atom stereocenters. The summed E-state index contributed by atoms with van der Waals surface area (Å²) in [5.41, 5.74) is 9.50. The first-order chi connectivity index (χ1) is 10.6. The van der Waals surface area contributed by atoms with Crippen LogP contribution in [-0.4, -0.2) is 15.0 Å². The number of halogens is 2. The van der Waals surface area contributed by atoms with Crippen LogP contribution in [0.25, 0.3) is 16.9 Å². The van der Waals surface area contributed by atoms with Gasteiger partial charge in [0.25, 0.3) is 0 Å². The van der Waals surface area contributed by atoms with E-state index in [1.807, 2.05) is 25.1 Å². The molecule has 0 saturated heterocycles. The Bertz CT molecular complexity index is 829. The van der Waals surface area contributed by atoms with Gasteiger partial charge in [-0.25, -0.2) is 9.07 Å². The molecule has 0 saturated carbocycles. The molecule has 0 spiro atoms. The number of aryl methyl sites for hydroxylation is 1. The highest BCUT2D eigenvalue weighted by Crippen LogP contribution is 2.28. The van der Waals surface area contributed by atoms with Crippen molar-refractivity contribution in [1.29, 1.82) is 0 Å². The van der Waals surface area contributed by atoms with E-state index in [4.69, 9.17) is 17.3 Å². The van der Waals surface area contributed by atoms with Crippen molar-refractivity contribution in [2.24, 2.45) is 5.73 Å². The van der Waals surface area contributed by atoms with Crippen molar-refractivity contribution < 1.29 is 4.39 Å². The molecular weight excluding hydrogens is 303 g/mol. The zero-order valence-electron chi connectivity index (χ0n) is 11.9. The fourth-order valence-electron chi connectivity index (χ4n) is 2.40. The smallest absolute Gasteiger partial charge is 0.123 e. The maximum absolute atomic E-state index is 13.6. The van der Waals surface area contributed by atoms with Crippen molar-refractivity contribution in [1.82, 2.24) is 15.0 Å². The average molecular weight is 317 g/mol. The molecule has 4 nitrogen and oxygen atoms in total. The van der Waals surface area contributed by atoms with E-state index in [0.29, 0.717) is 22.0 Å². The molecule has 0 aliphatic carbocycles. The lowest BCUT2D eigenvalue weighted by Crippen LogP contribution is -2.04. The number of aromatic nitrogens is 3. The number of hydrogen-bond acceptors (Lipinski definition) is 3. The van der Waals surface area contributed by atoms with E-state index < -0.39 is 0 Å². The Morgan fingerprint density at radius 1 is 1.23 bits per heavy atom. The zero-order chi connectivity index (χ0) is 15.7. The zero-order valence-corrected chi connectivity index (χ0v) is 12.7. The Labute approximate surface area is 132 Å². The number of nitrogens with two attached hydrogens (primary N) is 1. The van der Waals surface area contributed by atoms with E-state index in [9.17, 15) is 4.39 Å². The monoisotopic (exact) mass is 316 g/mol. The van der Waals surface area contributed by atoms with Crippen LogP contribution < -0.4 is 5.73 Å². The Morgan fingerprint density at radius 2 is 2.05 bits per heavy atom. The fraction of sp³-hybridized carbons (Fsp3) is 0.125. The highest BCUT2D eigenvalue weighted by molar-refractivity contribution is 6.30. The van der Waals surface area contributed by atoms with Crippen molar-refractivity contribution >= 4 is 11.6 Å². The summed E-state index contributed by atoms with van der Waals surface area (Å²) in [6.45, 7) is 2.15. The molecule has 1 aromatic heterocycles. The van der Waals surface area contributed by atoms with Crippen molar-refractivity contribution in [3.05, 3.63) is 64.6 Å². The second-order valence-corrected chi connectivity index (χ2v) is 5.38. The third-order valence-corrected chi connectivity index (χ3v) is 3.65. The van der Waals surface area contributed by atoms with Crippen molar-refractivity contribution in [3.63, 3.8) is 0 Å². The SMILES string of the molecule is Cc1cc(Cl)ccc1-n1nnc(CN)c1-c1cccc(F)c1. The number of nitrogens with zero attached hydrogens (tertiary/aromatic N) is 3. The molecule has 2 aromatic carbocycles. The largest absolute Gasteiger partial charge is 0.325 e. The van der Waals surface area contributed by atoms with Crippen LogP contribution in [0.3, 0.4) is 0 Å². The van der Waals surface area contributed by atoms with Gasteiger partial charge in [0.05, 0.1) is 11.4 Å². The summed E-state index contributed by atoms with van der Waals surface area (Å²) in [5, 5.41) is 8.93. The molecule has 0 amide bonds. The summed E-state index contributed by atoms with van der Waals surface area (Å²) in [5.74, 6) is -0.318. The molecule has 0 atom stereocenters. The van der Waals surface area contributed by atoms with E-state index in [2.05, 4.69) is 10.3 Å².